The van der Waals surface area contributed by atoms with E-state index in [1.807, 2.05) is 48.5 Å². The van der Waals surface area contributed by atoms with Crippen LogP contribution < -0.4 is 10.1 Å². The Balaban J connectivity index is 1.71. The van der Waals surface area contributed by atoms with Gasteiger partial charge in [-0.25, -0.2) is 0 Å². The molecule has 0 aliphatic carbocycles. The van der Waals surface area contributed by atoms with Gasteiger partial charge in [0.1, 0.15) is 12.4 Å². The molecule has 0 aromatic heterocycles. The van der Waals surface area contributed by atoms with Crippen molar-refractivity contribution in [2.75, 3.05) is 5.32 Å². The van der Waals surface area contributed by atoms with Crippen molar-refractivity contribution in [1.82, 2.24) is 0 Å². The maximum absolute atomic E-state index is 11.2. The van der Waals surface area contributed by atoms with Crippen LogP contribution in [0, 0.1) is 0 Å². The average Bonchev–Trinajstić information content (AvgIpc) is 2.77. The number of ether oxygens (including phenoxy) is 1. The smallest absolute Gasteiger partial charge is 0.228 e. The molecular formula is C15H13NO2. The predicted molar refractivity (Wildman–Crippen MR) is 69.5 cm³/mol. The first-order valence-electron chi connectivity index (χ1n) is 5.91. The summed E-state index contributed by atoms with van der Waals surface area (Å²) in [6, 6.07) is 15.7. The molecule has 0 unspecified atom stereocenters. The standard InChI is InChI=1S/C15H13NO2/c17-15-9-12-8-13(6-7-14(12)16-15)18-10-11-4-2-1-3-5-11/h1-8H,9-10H2,(H,16,17). The minimum atomic E-state index is 0.0465. The summed E-state index contributed by atoms with van der Waals surface area (Å²) in [4.78, 5) is 11.2. The van der Waals surface area contributed by atoms with Gasteiger partial charge in [-0.2, -0.15) is 0 Å². The second kappa shape index (κ2) is 4.53. The van der Waals surface area contributed by atoms with Gasteiger partial charge in [0.25, 0.3) is 0 Å². The van der Waals surface area contributed by atoms with Crippen LogP contribution in [0.3, 0.4) is 0 Å². The van der Waals surface area contributed by atoms with E-state index in [1.165, 1.54) is 0 Å². The molecule has 1 N–H and O–H groups in total. The lowest BCUT2D eigenvalue weighted by atomic mass is 10.1. The van der Waals surface area contributed by atoms with E-state index in [0.717, 1.165) is 22.6 Å². The highest BCUT2D eigenvalue weighted by atomic mass is 16.5. The zero-order chi connectivity index (χ0) is 12.4. The Morgan fingerprint density at radius 1 is 1.11 bits per heavy atom. The van der Waals surface area contributed by atoms with E-state index in [4.69, 9.17) is 4.74 Å². The fourth-order valence-corrected chi connectivity index (χ4v) is 2.04. The predicted octanol–water partition coefficient (Wildman–Crippen LogP) is 2.76. The van der Waals surface area contributed by atoms with Gasteiger partial charge in [-0.1, -0.05) is 30.3 Å². The van der Waals surface area contributed by atoms with Crippen molar-refractivity contribution < 1.29 is 9.53 Å². The number of hydrogen-bond donors (Lipinski definition) is 1. The fourth-order valence-electron chi connectivity index (χ4n) is 2.04. The summed E-state index contributed by atoms with van der Waals surface area (Å²) < 4.78 is 5.71. The van der Waals surface area contributed by atoms with Gasteiger partial charge in [-0.3, -0.25) is 4.79 Å². The van der Waals surface area contributed by atoms with Crippen LogP contribution in [-0.2, 0) is 17.8 Å². The van der Waals surface area contributed by atoms with Crippen LogP contribution in [0.15, 0.2) is 48.5 Å². The summed E-state index contributed by atoms with van der Waals surface area (Å²) in [5.41, 5.74) is 3.03. The van der Waals surface area contributed by atoms with Gasteiger partial charge in [0, 0.05) is 5.69 Å². The number of fused-ring (bicyclic) bond motifs is 1. The highest BCUT2D eigenvalue weighted by Crippen LogP contribution is 2.27. The second-order valence-corrected chi connectivity index (χ2v) is 4.32. The van der Waals surface area contributed by atoms with Crippen LogP contribution in [-0.4, -0.2) is 5.91 Å². The summed E-state index contributed by atoms with van der Waals surface area (Å²) in [7, 11) is 0. The van der Waals surface area contributed by atoms with E-state index in [0.29, 0.717) is 13.0 Å². The molecule has 1 heterocycles. The Kier molecular flexibility index (Phi) is 2.73. The maximum Gasteiger partial charge on any atom is 0.228 e. The Morgan fingerprint density at radius 2 is 1.94 bits per heavy atom. The SMILES string of the molecule is O=C1Cc2cc(OCc3ccccc3)ccc2N1. The van der Waals surface area contributed by atoms with Crippen LogP contribution in [0.4, 0.5) is 5.69 Å². The minimum Gasteiger partial charge on any atom is -0.489 e. The van der Waals surface area contributed by atoms with E-state index in [9.17, 15) is 4.79 Å². The van der Waals surface area contributed by atoms with E-state index in [2.05, 4.69) is 5.32 Å². The number of hydrogen-bond acceptors (Lipinski definition) is 2. The van der Waals surface area contributed by atoms with Crippen LogP contribution in [0.25, 0.3) is 0 Å². The first-order valence-corrected chi connectivity index (χ1v) is 5.91. The van der Waals surface area contributed by atoms with Gasteiger partial charge < -0.3 is 10.1 Å². The number of amides is 1. The van der Waals surface area contributed by atoms with Crippen molar-refractivity contribution in [1.29, 1.82) is 0 Å². The number of carbonyl (C=O) groups excluding carboxylic acids is 1. The monoisotopic (exact) mass is 239 g/mol. The topological polar surface area (TPSA) is 38.3 Å². The third kappa shape index (κ3) is 2.20. The normalized spacial score (nSPS) is 13.0. The molecule has 0 spiro atoms. The molecule has 2 aromatic carbocycles. The Bertz CT molecular complexity index is 578. The largest absolute Gasteiger partial charge is 0.489 e. The zero-order valence-electron chi connectivity index (χ0n) is 9.85. The van der Waals surface area contributed by atoms with Gasteiger partial charge >= 0.3 is 0 Å². The minimum absolute atomic E-state index is 0.0465. The lowest BCUT2D eigenvalue weighted by Gasteiger charge is -2.07. The van der Waals surface area contributed by atoms with Gasteiger partial charge in [0.2, 0.25) is 5.91 Å². The molecule has 0 bridgehead atoms. The molecule has 0 fully saturated rings. The van der Waals surface area contributed by atoms with Crippen molar-refractivity contribution in [3.05, 3.63) is 59.7 Å². The average molecular weight is 239 g/mol. The van der Waals surface area contributed by atoms with Crippen molar-refractivity contribution in [2.24, 2.45) is 0 Å². The van der Waals surface area contributed by atoms with Gasteiger partial charge in [0.05, 0.1) is 6.42 Å². The van der Waals surface area contributed by atoms with Crippen molar-refractivity contribution >= 4 is 11.6 Å². The van der Waals surface area contributed by atoms with E-state index < -0.39 is 0 Å². The number of nitrogens with one attached hydrogen (secondary N) is 1. The highest BCUT2D eigenvalue weighted by Gasteiger charge is 2.17. The zero-order valence-corrected chi connectivity index (χ0v) is 9.85. The Labute approximate surface area is 105 Å². The van der Waals surface area contributed by atoms with Crippen molar-refractivity contribution in [3.8, 4) is 5.75 Å². The van der Waals surface area contributed by atoms with E-state index in [-0.39, 0.29) is 5.91 Å². The molecule has 0 radical (unpaired) electrons. The van der Waals surface area contributed by atoms with Gasteiger partial charge in [-0.05, 0) is 29.3 Å². The molecule has 1 aliphatic heterocycles. The molecule has 90 valence electrons. The van der Waals surface area contributed by atoms with E-state index in [1.54, 1.807) is 0 Å². The Morgan fingerprint density at radius 3 is 2.78 bits per heavy atom. The molecule has 2 aromatic rings. The van der Waals surface area contributed by atoms with Crippen LogP contribution >= 0.6 is 0 Å². The number of benzene rings is 2. The van der Waals surface area contributed by atoms with Gasteiger partial charge in [-0.15, -0.1) is 0 Å². The summed E-state index contributed by atoms with van der Waals surface area (Å²) in [6.07, 6.45) is 0.442. The molecule has 18 heavy (non-hydrogen) atoms. The molecule has 3 heteroatoms. The quantitative estimate of drug-likeness (QED) is 0.894. The third-order valence-electron chi connectivity index (χ3n) is 2.95. The van der Waals surface area contributed by atoms with Crippen LogP contribution in [0.2, 0.25) is 0 Å². The molecule has 0 saturated carbocycles. The van der Waals surface area contributed by atoms with Crippen LogP contribution in [0.5, 0.6) is 5.75 Å². The lowest BCUT2D eigenvalue weighted by molar-refractivity contribution is -0.115. The fraction of sp³-hybridized carbons (Fsp3) is 0.133. The first-order chi connectivity index (χ1) is 8.81. The molecule has 1 aliphatic rings. The summed E-state index contributed by atoms with van der Waals surface area (Å²) >= 11 is 0. The highest BCUT2D eigenvalue weighted by molar-refractivity contribution is 5.99. The summed E-state index contributed by atoms with van der Waals surface area (Å²) in [6.45, 7) is 0.543. The van der Waals surface area contributed by atoms with Crippen LogP contribution in [0.1, 0.15) is 11.1 Å². The summed E-state index contributed by atoms with van der Waals surface area (Å²) in [5.74, 6) is 0.847. The number of rotatable bonds is 3. The molecular weight excluding hydrogens is 226 g/mol. The molecule has 1 amide bonds. The second-order valence-electron chi connectivity index (χ2n) is 4.32. The first kappa shape index (κ1) is 10.8. The molecule has 0 saturated heterocycles. The lowest BCUT2D eigenvalue weighted by Crippen LogP contribution is -2.03. The van der Waals surface area contributed by atoms with E-state index >= 15 is 0 Å². The molecule has 3 nitrogen and oxygen atoms in total. The third-order valence-corrected chi connectivity index (χ3v) is 2.95. The van der Waals surface area contributed by atoms with Gasteiger partial charge in [0.15, 0.2) is 0 Å². The number of carbonyl (C=O) groups is 1. The molecule has 0 atom stereocenters. The molecule has 3 rings (SSSR count). The summed E-state index contributed by atoms with van der Waals surface area (Å²) in [5, 5.41) is 2.80. The number of anilines is 1. The Hall–Kier alpha value is -2.29. The maximum atomic E-state index is 11.2. The van der Waals surface area contributed by atoms with Crippen molar-refractivity contribution in [2.45, 2.75) is 13.0 Å². The van der Waals surface area contributed by atoms with Crippen molar-refractivity contribution in [3.63, 3.8) is 0 Å².